The Kier molecular flexibility index (Phi) is 9.44. The molecule has 0 fully saturated rings. The van der Waals surface area contributed by atoms with Crippen molar-refractivity contribution in [2.45, 2.75) is 37.7 Å². The maximum Gasteiger partial charge on any atom is 0.337 e. The summed E-state index contributed by atoms with van der Waals surface area (Å²) >= 11 is 0. The lowest BCUT2D eigenvalue weighted by Gasteiger charge is -2.57. The van der Waals surface area contributed by atoms with Gasteiger partial charge < -0.3 is 51.1 Å². The molecule has 0 bridgehead atoms. The van der Waals surface area contributed by atoms with E-state index in [1.807, 2.05) is 0 Å². The zero-order valence-corrected chi connectivity index (χ0v) is 18.2. The third-order valence-electron chi connectivity index (χ3n) is 5.77. The number of aliphatic hydroxyl groups is 1. The maximum absolute atomic E-state index is 12.9. The highest BCUT2D eigenvalue weighted by Gasteiger charge is 2.84. The van der Waals surface area contributed by atoms with Crippen molar-refractivity contribution in [2.24, 2.45) is 16.2 Å². The van der Waals surface area contributed by atoms with Crippen LogP contribution in [0, 0.1) is 16.2 Å². The van der Waals surface area contributed by atoms with Gasteiger partial charge in [0.2, 0.25) is 0 Å². The van der Waals surface area contributed by atoms with Gasteiger partial charge in [-0.15, -0.1) is 0 Å². The molecule has 0 saturated heterocycles. The normalized spacial score (nSPS) is 13.5. The van der Waals surface area contributed by atoms with Crippen LogP contribution < -0.4 is 0 Å². The van der Waals surface area contributed by atoms with Crippen LogP contribution in [0.3, 0.4) is 0 Å². The van der Waals surface area contributed by atoms with Crippen molar-refractivity contribution in [3.8, 4) is 0 Å². The van der Waals surface area contributed by atoms with E-state index in [4.69, 9.17) is 0 Å². The number of hydrogen-bond acceptors (Lipinski definition) is 10. The number of aliphatic carboxylic acids is 9. The van der Waals surface area contributed by atoms with Gasteiger partial charge in [0, 0.05) is 0 Å². The second-order valence-electron chi connectivity index (χ2n) is 7.85. The predicted molar refractivity (Wildman–Crippen MR) is 104 cm³/mol. The van der Waals surface area contributed by atoms with Crippen LogP contribution in [0.15, 0.2) is 0 Å². The first-order valence-corrected chi connectivity index (χ1v) is 9.36. The van der Waals surface area contributed by atoms with Gasteiger partial charge in [-0.1, -0.05) is 0 Å². The average Bonchev–Trinajstić information content (AvgIpc) is 2.64. The standard InChI is InChI=1S/C18H20O19/c19-6(20)1-15(11(29)30,2-7(21)22)18(14(35)36,17(37,13(33)34)5-10(27)28)16(12(31)32,3-8(23)24)4-9(25)26/h37H,1-5H2,(H,19,20)(H,21,22)(H,23,24)(H,25,26)(H,27,28)(H,29,30)(H,31,32)(H,33,34)(H,35,36). The van der Waals surface area contributed by atoms with Crippen LogP contribution in [-0.4, -0.2) is 110 Å². The van der Waals surface area contributed by atoms with Gasteiger partial charge in [0.05, 0.1) is 32.1 Å². The van der Waals surface area contributed by atoms with Crippen LogP contribution in [0.1, 0.15) is 32.1 Å². The van der Waals surface area contributed by atoms with Crippen molar-refractivity contribution >= 4 is 53.7 Å². The van der Waals surface area contributed by atoms with Gasteiger partial charge in [0.1, 0.15) is 16.2 Å². The molecular formula is C18H20O19. The van der Waals surface area contributed by atoms with Crippen LogP contribution in [0.2, 0.25) is 0 Å². The first-order valence-electron chi connectivity index (χ1n) is 9.36. The van der Waals surface area contributed by atoms with E-state index in [1.54, 1.807) is 0 Å². The van der Waals surface area contributed by atoms with Crippen molar-refractivity contribution in [1.29, 1.82) is 0 Å². The highest BCUT2D eigenvalue weighted by molar-refractivity contribution is 6.05. The molecule has 1 atom stereocenters. The Morgan fingerprint density at radius 2 is 0.622 bits per heavy atom. The smallest absolute Gasteiger partial charge is 0.337 e. The highest BCUT2D eigenvalue weighted by atomic mass is 16.4. The molecule has 0 rings (SSSR count). The largest absolute Gasteiger partial charge is 0.481 e. The Morgan fingerprint density at radius 1 is 0.378 bits per heavy atom. The summed E-state index contributed by atoms with van der Waals surface area (Å²) in [4.78, 5) is 108. The van der Waals surface area contributed by atoms with E-state index < -0.39 is 108 Å². The van der Waals surface area contributed by atoms with E-state index in [1.165, 1.54) is 0 Å². The molecule has 37 heavy (non-hydrogen) atoms. The van der Waals surface area contributed by atoms with Gasteiger partial charge in [-0.2, -0.15) is 0 Å². The summed E-state index contributed by atoms with van der Waals surface area (Å²) in [6, 6.07) is 0. The number of hydrogen-bond donors (Lipinski definition) is 10. The first-order chi connectivity index (χ1) is 16.6. The van der Waals surface area contributed by atoms with Gasteiger partial charge in [-0.05, 0) is 0 Å². The van der Waals surface area contributed by atoms with Crippen molar-refractivity contribution in [2.75, 3.05) is 0 Å². The molecule has 0 aromatic rings. The van der Waals surface area contributed by atoms with E-state index in [-0.39, 0.29) is 0 Å². The summed E-state index contributed by atoms with van der Waals surface area (Å²) in [6.07, 6.45) is -12.0. The fourth-order valence-corrected chi connectivity index (χ4v) is 4.73. The fourth-order valence-electron chi connectivity index (χ4n) is 4.73. The van der Waals surface area contributed by atoms with Crippen LogP contribution in [0.5, 0.6) is 0 Å². The molecular weight excluding hydrogens is 520 g/mol. The zero-order chi connectivity index (χ0) is 29.7. The topological polar surface area (TPSA) is 356 Å². The minimum atomic E-state index is -5.03. The summed E-state index contributed by atoms with van der Waals surface area (Å²) in [6.45, 7) is 0. The van der Waals surface area contributed by atoms with Crippen LogP contribution in [-0.2, 0) is 43.2 Å². The quantitative estimate of drug-likeness (QED) is 0.0902. The van der Waals surface area contributed by atoms with Crippen molar-refractivity contribution in [3.63, 3.8) is 0 Å². The summed E-state index contributed by atoms with van der Waals surface area (Å²) in [5.41, 5.74) is -18.7. The summed E-state index contributed by atoms with van der Waals surface area (Å²) in [7, 11) is 0. The molecule has 0 amide bonds. The predicted octanol–water partition coefficient (Wildman–Crippen LogP) is -2.61. The van der Waals surface area contributed by atoms with Gasteiger partial charge in [0.15, 0.2) is 5.60 Å². The van der Waals surface area contributed by atoms with Crippen LogP contribution in [0.25, 0.3) is 0 Å². The van der Waals surface area contributed by atoms with Crippen molar-refractivity contribution in [1.82, 2.24) is 0 Å². The number of carbonyl (C=O) groups is 9. The molecule has 0 aliphatic rings. The monoisotopic (exact) mass is 540 g/mol. The van der Waals surface area contributed by atoms with E-state index >= 15 is 0 Å². The lowest BCUT2D eigenvalue weighted by atomic mass is 9.40. The van der Waals surface area contributed by atoms with Gasteiger partial charge in [-0.3, -0.25) is 38.4 Å². The summed E-state index contributed by atoms with van der Waals surface area (Å²) in [5, 5.41) is 97.6. The van der Waals surface area contributed by atoms with Gasteiger partial charge >= 0.3 is 53.7 Å². The van der Waals surface area contributed by atoms with E-state index in [2.05, 4.69) is 0 Å². The Bertz CT molecular complexity index is 967. The molecule has 1 unspecified atom stereocenters. The van der Waals surface area contributed by atoms with Crippen LogP contribution >= 0.6 is 0 Å². The SMILES string of the molecule is O=C(O)CC(O)(C(=O)O)C(C(=O)O)(C(CC(=O)O)(CC(=O)O)C(=O)O)C(CC(=O)O)(CC(=O)O)C(=O)O. The second kappa shape index (κ2) is 10.8. The Morgan fingerprint density at radius 3 is 0.757 bits per heavy atom. The minimum Gasteiger partial charge on any atom is -0.481 e. The van der Waals surface area contributed by atoms with Gasteiger partial charge in [-0.25, -0.2) is 4.79 Å². The van der Waals surface area contributed by atoms with E-state index in [9.17, 15) is 94.2 Å². The lowest BCUT2D eigenvalue weighted by molar-refractivity contribution is -0.252. The molecule has 206 valence electrons. The molecule has 0 aromatic carbocycles. The zero-order valence-electron chi connectivity index (χ0n) is 18.2. The third-order valence-corrected chi connectivity index (χ3v) is 5.77. The molecule has 19 nitrogen and oxygen atoms in total. The number of rotatable bonds is 17. The fraction of sp³-hybridized carbons (Fsp3) is 0.500. The van der Waals surface area contributed by atoms with Crippen LogP contribution in [0.4, 0.5) is 0 Å². The minimum absolute atomic E-state index is 2.37. The molecule has 0 aliphatic carbocycles. The molecule has 19 heteroatoms. The second-order valence-corrected chi connectivity index (χ2v) is 7.85. The molecule has 0 saturated carbocycles. The number of carboxylic acid groups (broad SMARTS) is 9. The summed E-state index contributed by atoms with van der Waals surface area (Å²) < 4.78 is 0. The van der Waals surface area contributed by atoms with E-state index in [0.717, 1.165) is 0 Å². The van der Waals surface area contributed by atoms with Crippen molar-refractivity contribution in [3.05, 3.63) is 0 Å². The molecule has 0 spiro atoms. The highest BCUT2D eigenvalue weighted by Crippen LogP contribution is 2.65. The Balaban J connectivity index is 9.12. The molecule has 0 aromatic heterocycles. The van der Waals surface area contributed by atoms with Gasteiger partial charge in [0.25, 0.3) is 0 Å². The average molecular weight is 540 g/mol. The first kappa shape index (κ1) is 32.2. The Hall–Kier alpha value is -4.81. The Labute approximate surface area is 202 Å². The molecule has 0 radical (unpaired) electrons. The van der Waals surface area contributed by atoms with Crippen molar-refractivity contribution < 1.29 is 94.2 Å². The molecule has 0 aliphatic heterocycles. The maximum atomic E-state index is 12.9. The third kappa shape index (κ3) is 5.24. The molecule has 10 N–H and O–H groups in total. The number of carboxylic acids is 9. The lowest BCUT2D eigenvalue weighted by Crippen LogP contribution is -2.77. The molecule has 0 heterocycles. The van der Waals surface area contributed by atoms with E-state index in [0.29, 0.717) is 0 Å². The summed E-state index contributed by atoms with van der Waals surface area (Å²) in [5.74, 6) is -24.6.